The average molecular weight is 243 g/mol. The van der Waals surface area contributed by atoms with Gasteiger partial charge >= 0.3 is 0 Å². The van der Waals surface area contributed by atoms with Crippen LogP contribution in [-0.2, 0) is 13.1 Å². The first-order chi connectivity index (χ1) is 8.78. The summed E-state index contributed by atoms with van der Waals surface area (Å²) in [6, 6.07) is 6.98. The zero-order valence-electron chi connectivity index (χ0n) is 10.2. The molecule has 0 aliphatic rings. The van der Waals surface area contributed by atoms with Gasteiger partial charge in [0.15, 0.2) is 0 Å². The van der Waals surface area contributed by atoms with Gasteiger partial charge in [-0.05, 0) is 25.1 Å². The van der Waals surface area contributed by atoms with Gasteiger partial charge < -0.3 is 4.57 Å². The molecule has 0 fully saturated rings. The molecule has 0 atom stereocenters. The van der Waals surface area contributed by atoms with Crippen molar-refractivity contribution in [3.63, 3.8) is 0 Å². The molecular formula is C14H14FN3. The maximum absolute atomic E-state index is 13.6. The molecule has 3 aromatic rings. The minimum absolute atomic E-state index is 0.171. The van der Waals surface area contributed by atoms with Gasteiger partial charge in [0.25, 0.3) is 0 Å². The first-order valence-electron chi connectivity index (χ1n) is 6.02. The van der Waals surface area contributed by atoms with E-state index < -0.39 is 0 Å². The Bertz CT molecular complexity index is 681. The molecule has 2 heterocycles. The molecule has 0 spiro atoms. The zero-order chi connectivity index (χ0) is 12.5. The Hall–Kier alpha value is -2.10. The topological polar surface area (TPSA) is 22.8 Å². The molecule has 0 aliphatic heterocycles. The Morgan fingerprint density at radius 3 is 2.94 bits per heavy atom. The Morgan fingerprint density at radius 1 is 1.28 bits per heavy atom. The van der Waals surface area contributed by atoms with Crippen molar-refractivity contribution < 1.29 is 4.39 Å². The number of nitrogens with zero attached hydrogens (tertiary/aromatic N) is 3. The van der Waals surface area contributed by atoms with Crippen molar-refractivity contribution in [2.24, 2.45) is 0 Å². The van der Waals surface area contributed by atoms with E-state index in [1.807, 2.05) is 40.0 Å². The normalized spacial score (nSPS) is 11.2. The minimum atomic E-state index is -0.171. The van der Waals surface area contributed by atoms with Gasteiger partial charge in [0, 0.05) is 29.9 Å². The van der Waals surface area contributed by atoms with Crippen molar-refractivity contribution in [3.05, 3.63) is 54.2 Å². The summed E-state index contributed by atoms with van der Waals surface area (Å²) in [5, 5.41) is 4.91. The number of halogens is 1. The van der Waals surface area contributed by atoms with Gasteiger partial charge in [0.1, 0.15) is 5.82 Å². The molecule has 18 heavy (non-hydrogen) atoms. The van der Waals surface area contributed by atoms with Crippen LogP contribution in [0.2, 0.25) is 0 Å². The van der Waals surface area contributed by atoms with Crippen LogP contribution >= 0.6 is 0 Å². The number of benzene rings is 1. The highest BCUT2D eigenvalue weighted by Crippen LogP contribution is 2.19. The summed E-state index contributed by atoms with van der Waals surface area (Å²) in [6.45, 7) is 3.63. The van der Waals surface area contributed by atoms with Gasteiger partial charge in [-0.2, -0.15) is 5.10 Å². The SMILES string of the molecule is CCn1cc(Cn2ccc3c(F)cccc32)cn1. The molecule has 0 saturated carbocycles. The van der Waals surface area contributed by atoms with E-state index in [0.29, 0.717) is 11.9 Å². The van der Waals surface area contributed by atoms with Crippen LogP contribution in [0.15, 0.2) is 42.9 Å². The first-order valence-corrected chi connectivity index (χ1v) is 6.02. The van der Waals surface area contributed by atoms with Crippen molar-refractivity contribution in [1.29, 1.82) is 0 Å². The summed E-state index contributed by atoms with van der Waals surface area (Å²) in [5.74, 6) is -0.171. The van der Waals surface area contributed by atoms with Crippen LogP contribution in [0.25, 0.3) is 10.9 Å². The summed E-state index contributed by atoms with van der Waals surface area (Å²) >= 11 is 0. The molecule has 0 N–H and O–H groups in total. The van der Waals surface area contributed by atoms with E-state index >= 15 is 0 Å². The van der Waals surface area contributed by atoms with E-state index in [4.69, 9.17) is 0 Å². The number of fused-ring (bicyclic) bond motifs is 1. The molecule has 4 heteroatoms. The van der Waals surface area contributed by atoms with Gasteiger partial charge in [-0.15, -0.1) is 0 Å². The smallest absolute Gasteiger partial charge is 0.132 e. The largest absolute Gasteiger partial charge is 0.343 e. The maximum Gasteiger partial charge on any atom is 0.132 e. The third-order valence-electron chi connectivity index (χ3n) is 3.12. The van der Waals surface area contributed by atoms with Crippen molar-refractivity contribution >= 4 is 10.9 Å². The summed E-state index contributed by atoms with van der Waals surface area (Å²) in [6.07, 6.45) is 5.79. The Kier molecular flexibility index (Phi) is 2.63. The van der Waals surface area contributed by atoms with Gasteiger partial charge in [-0.1, -0.05) is 6.07 Å². The fourth-order valence-electron chi connectivity index (χ4n) is 2.18. The predicted octanol–water partition coefficient (Wildman–Crippen LogP) is 3.05. The molecule has 0 amide bonds. The average Bonchev–Trinajstić information content (AvgIpc) is 2.98. The highest BCUT2D eigenvalue weighted by molar-refractivity contribution is 5.80. The lowest BCUT2D eigenvalue weighted by Gasteiger charge is -2.03. The van der Waals surface area contributed by atoms with Gasteiger partial charge in [0.2, 0.25) is 0 Å². The van der Waals surface area contributed by atoms with Crippen LogP contribution in [0.3, 0.4) is 0 Å². The molecule has 0 aliphatic carbocycles. The second-order valence-corrected chi connectivity index (χ2v) is 4.32. The molecule has 3 rings (SSSR count). The molecule has 0 saturated heterocycles. The molecule has 0 radical (unpaired) electrons. The van der Waals surface area contributed by atoms with Crippen LogP contribution in [0, 0.1) is 5.82 Å². The van der Waals surface area contributed by atoms with Crippen molar-refractivity contribution in [2.75, 3.05) is 0 Å². The summed E-state index contributed by atoms with van der Waals surface area (Å²) in [7, 11) is 0. The summed E-state index contributed by atoms with van der Waals surface area (Å²) in [5.41, 5.74) is 2.04. The Labute approximate surface area is 104 Å². The lowest BCUT2D eigenvalue weighted by Crippen LogP contribution is -1.97. The molecule has 2 aromatic heterocycles. The van der Waals surface area contributed by atoms with E-state index in [2.05, 4.69) is 12.0 Å². The van der Waals surface area contributed by atoms with E-state index in [9.17, 15) is 4.39 Å². The highest BCUT2D eigenvalue weighted by atomic mass is 19.1. The van der Waals surface area contributed by atoms with E-state index in [1.165, 1.54) is 6.07 Å². The van der Waals surface area contributed by atoms with Crippen LogP contribution in [0.4, 0.5) is 4.39 Å². The molecule has 92 valence electrons. The van der Waals surface area contributed by atoms with Crippen molar-refractivity contribution in [2.45, 2.75) is 20.0 Å². The van der Waals surface area contributed by atoms with E-state index in [1.54, 1.807) is 6.07 Å². The number of aromatic nitrogens is 3. The second-order valence-electron chi connectivity index (χ2n) is 4.32. The highest BCUT2D eigenvalue weighted by Gasteiger charge is 2.06. The van der Waals surface area contributed by atoms with Crippen LogP contribution in [-0.4, -0.2) is 14.3 Å². The molecule has 0 bridgehead atoms. The molecular weight excluding hydrogens is 229 g/mol. The van der Waals surface area contributed by atoms with Crippen LogP contribution < -0.4 is 0 Å². The third-order valence-corrected chi connectivity index (χ3v) is 3.12. The number of hydrogen-bond donors (Lipinski definition) is 0. The van der Waals surface area contributed by atoms with Gasteiger partial charge in [-0.25, -0.2) is 4.39 Å². The van der Waals surface area contributed by atoms with E-state index in [0.717, 1.165) is 17.6 Å². The molecule has 0 unspecified atom stereocenters. The fraction of sp³-hybridized carbons (Fsp3) is 0.214. The summed E-state index contributed by atoms with van der Waals surface area (Å²) in [4.78, 5) is 0. The van der Waals surface area contributed by atoms with Gasteiger partial charge in [0.05, 0.1) is 18.3 Å². The third kappa shape index (κ3) is 1.79. The lowest BCUT2D eigenvalue weighted by molar-refractivity contribution is 0.639. The van der Waals surface area contributed by atoms with Crippen molar-refractivity contribution in [3.8, 4) is 0 Å². The second kappa shape index (κ2) is 4.29. The minimum Gasteiger partial charge on any atom is -0.343 e. The number of aryl methyl sites for hydroxylation is 1. The van der Waals surface area contributed by atoms with Crippen LogP contribution in [0.5, 0.6) is 0 Å². The fourth-order valence-corrected chi connectivity index (χ4v) is 2.18. The molecule has 3 nitrogen and oxygen atoms in total. The standard InChI is InChI=1S/C14H14FN3/c1-2-18-10-11(8-16-18)9-17-7-6-12-13(15)4-3-5-14(12)17/h3-8,10H,2,9H2,1H3. The zero-order valence-corrected chi connectivity index (χ0v) is 10.2. The maximum atomic E-state index is 13.6. The van der Waals surface area contributed by atoms with E-state index in [-0.39, 0.29) is 5.82 Å². The number of rotatable bonds is 3. The lowest BCUT2D eigenvalue weighted by atomic mass is 10.2. The Morgan fingerprint density at radius 2 is 2.17 bits per heavy atom. The monoisotopic (exact) mass is 243 g/mol. The van der Waals surface area contributed by atoms with Gasteiger partial charge in [-0.3, -0.25) is 4.68 Å². The van der Waals surface area contributed by atoms with Crippen molar-refractivity contribution in [1.82, 2.24) is 14.3 Å². The summed E-state index contributed by atoms with van der Waals surface area (Å²) < 4.78 is 17.5. The first kappa shape index (κ1) is 11.0. The Balaban J connectivity index is 1.97. The van der Waals surface area contributed by atoms with Crippen LogP contribution in [0.1, 0.15) is 12.5 Å². The quantitative estimate of drug-likeness (QED) is 0.693. The molecule has 1 aromatic carbocycles. The number of hydrogen-bond acceptors (Lipinski definition) is 1. The predicted molar refractivity (Wildman–Crippen MR) is 68.9 cm³/mol.